The summed E-state index contributed by atoms with van der Waals surface area (Å²) >= 11 is 0. The Morgan fingerprint density at radius 1 is 0.921 bits per heavy atom. The number of methoxy groups -OCH3 is 1. The van der Waals surface area contributed by atoms with E-state index in [1.165, 1.54) is 23.1 Å². The molecule has 7 nitrogen and oxygen atoms in total. The molecule has 5 aromatic rings. The predicted octanol–water partition coefficient (Wildman–Crippen LogP) is 3.12. The van der Waals surface area contributed by atoms with Gasteiger partial charge in [0.2, 0.25) is 0 Å². The van der Waals surface area contributed by atoms with E-state index in [0.717, 1.165) is 48.6 Å². The lowest BCUT2D eigenvalue weighted by atomic mass is 9.96. The van der Waals surface area contributed by atoms with Crippen LogP contribution in [0.4, 0.5) is 5.69 Å². The number of aromatic nitrogens is 3. The molecule has 0 radical (unpaired) electrons. The lowest BCUT2D eigenvalue weighted by Gasteiger charge is -2.38. The maximum absolute atomic E-state index is 12.8. The number of quaternary nitrogens is 1. The molecule has 38 heavy (non-hydrogen) atoms. The molecule has 1 saturated heterocycles. The summed E-state index contributed by atoms with van der Waals surface area (Å²) in [5.41, 5.74) is 5.76. The first kappa shape index (κ1) is 23.9. The molecule has 190 valence electrons. The molecular weight excluding hydrogens is 474 g/mol. The highest BCUT2D eigenvalue weighted by atomic mass is 16.5. The number of fused-ring (bicyclic) bond motifs is 1. The van der Waals surface area contributed by atoms with E-state index in [1.807, 2.05) is 41.2 Å². The van der Waals surface area contributed by atoms with Crippen LogP contribution in [0.25, 0.3) is 16.7 Å². The van der Waals surface area contributed by atoms with Crippen molar-refractivity contribution < 1.29 is 19.1 Å². The minimum absolute atomic E-state index is 0.254. The van der Waals surface area contributed by atoms with Gasteiger partial charge in [0.15, 0.2) is 11.9 Å². The van der Waals surface area contributed by atoms with Gasteiger partial charge in [0.25, 0.3) is 0 Å². The fraction of sp³-hybridized carbons (Fsp3) is 0.194. The average molecular weight is 506 g/mol. The molecule has 3 heterocycles. The number of carbonyl (C=O) groups excluding carboxylic acids is 1. The molecule has 7 heteroatoms. The number of H-pyrrole nitrogens is 1. The molecule has 0 unspecified atom stereocenters. The number of pyridine rings is 1. The van der Waals surface area contributed by atoms with E-state index in [9.17, 15) is 4.79 Å². The Hall–Kier alpha value is -4.49. The number of anilines is 1. The van der Waals surface area contributed by atoms with Gasteiger partial charge in [-0.2, -0.15) is 0 Å². The van der Waals surface area contributed by atoms with Crippen molar-refractivity contribution in [3.05, 3.63) is 120 Å². The number of piperazine rings is 1. The standard InChI is InChI=1S/C31H29N5O2/c1-38-31(37)27-21-32-30-26(22-33-36(30)25-15-9-4-10-16-25)29(27)35-19-17-34(18-20-35)28(23-11-5-2-6-12-23)24-13-7-3-8-14-24/h2-16,21-22,28H,17-20H2,1H3/p+2. The molecule has 6 rings (SSSR count). The first-order valence-electron chi connectivity index (χ1n) is 13.0. The van der Waals surface area contributed by atoms with E-state index in [2.05, 4.69) is 75.6 Å². The third-order valence-corrected chi connectivity index (χ3v) is 7.43. The molecule has 0 bridgehead atoms. The minimum Gasteiger partial charge on any atom is -0.465 e. The normalized spacial score (nSPS) is 14.2. The Labute approximate surface area is 221 Å². The highest BCUT2D eigenvalue weighted by Crippen LogP contribution is 2.30. The van der Waals surface area contributed by atoms with Crippen LogP contribution in [-0.2, 0) is 4.74 Å². The summed E-state index contributed by atoms with van der Waals surface area (Å²) in [6, 6.07) is 31.8. The molecule has 3 aromatic carbocycles. The molecule has 2 aromatic heterocycles. The Bertz CT molecular complexity index is 1490. The quantitative estimate of drug-likeness (QED) is 0.275. The van der Waals surface area contributed by atoms with Crippen LogP contribution < -0.4 is 14.5 Å². The second-order valence-corrected chi connectivity index (χ2v) is 9.59. The molecule has 0 amide bonds. The van der Waals surface area contributed by atoms with Gasteiger partial charge in [0.1, 0.15) is 17.0 Å². The largest absolute Gasteiger partial charge is 0.465 e. The average Bonchev–Trinajstić information content (AvgIpc) is 3.43. The van der Waals surface area contributed by atoms with Gasteiger partial charge in [0, 0.05) is 11.1 Å². The number of benzene rings is 3. The molecule has 2 N–H and O–H groups in total. The summed E-state index contributed by atoms with van der Waals surface area (Å²) in [6.07, 6.45) is 3.58. The van der Waals surface area contributed by atoms with Crippen LogP contribution >= 0.6 is 0 Å². The summed E-state index contributed by atoms with van der Waals surface area (Å²) in [6.45, 7) is 3.49. The van der Waals surface area contributed by atoms with Gasteiger partial charge in [-0.05, 0) is 17.1 Å². The van der Waals surface area contributed by atoms with Gasteiger partial charge in [-0.15, -0.1) is 4.68 Å². The van der Waals surface area contributed by atoms with E-state index in [1.54, 1.807) is 6.20 Å². The third kappa shape index (κ3) is 4.41. The van der Waals surface area contributed by atoms with Crippen molar-refractivity contribution in [2.24, 2.45) is 0 Å². The van der Waals surface area contributed by atoms with Crippen LogP contribution in [-0.4, -0.2) is 49.3 Å². The highest BCUT2D eigenvalue weighted by molar-refractivity contribution is 6.03. The van der Waals surface area contributed by atoms with E-state index >= 15 is 0 Å². The molecule has 1 aliphatic rings. The van der Waals surface area contributed by atoms with Crippen molar-refractivity contribution in [2.75, 3.05) is 38.2 Å². The Balaban J connectivity index is 1.35. The number of nitrogens with one attached hydrogen (secondary N) is 2. The van der Waals surface area contributed by atoms with E-state index in [4.69, 9.17) is 4.74 Å². The van der Waals surface area contributed by atoms with Gasteiger partial charge < -0.3 is 14.5 Å². The first-order chi connectivity index (χ1) is 18.7. The smallest absolute Gasteiger partial charge is 0.357 e. The van der Waals surface area contributed by atoms with Gasteiger partial charge in [0.05, 0.1) is 45.2 Å². The van der Waals surface area contributed by atoms with Crippen molar-refractivity contribution in [3.63, 3.8) is 0 Å². The summed E-state index contributed by atoms with van der Waals surface area (Å²) in [5, 5.41) is 4.24. The number of nitrogens with zero attached hydrogens (tertiary/aromatic N) is 3. The molecule has 1 fully saturated rings. The number of para-hydroxylation sites is 1. The van der Waals surface area contributed by atoms with E-state index in [-0.39, 0.29) is 12.0 Å². The zero-order chi connectivity index (χ0) is 25.9. The zero-order valence-corrected chi connectivity index (χ0v) is 21.4. The Morgan fingerprint density at radius 3 is 2.08 bits per heavy atom. The van der Waals surface area contributed by atoms with E-state index in [0.29, 0.717) is 5.56 Å². The number of ether oxygens (including phenoxy) is 1. The SMILES string of the molecule is COC(=O)c1cnc2c(c[nH][n+]2-c2ccccc2)c1N1CC[NH+](C(c2ccccc2)c2ccccc2)CC1. The van der Waals surface area contributed by atoms with Crippen LogP contribution in [0.5, 0.6) is 0 Å². The molecule has 0 saturated carbocycles. The number of carbonyl (C=O) groups is 1. The van der Waals surface area contributed by atoms with Crippen LogP contribution in [0.15, 0.2) is 103 Å². The number of esters is 1. The third-order valence-electron chi connectivity index (χ3n) is 7.43. The Kier molecular flexibility index (Phi) is 6.58. The summed E-state index contributed by atoms with van der Waals surface area (Å²) in [4.78, 5) is 21.3. The number of hydrogen-bond donors (Lipinski definition) is 2. The van der Waals surface area contributed by atoms with Gasteiger partial charge in [-0.25, -0.2) is 9.89 Å². The van der Waals surface area contributed by atoms with Gasteiger partial charge >= 0.3 is 11.6 Å². The maximum atomic E-state index is 12.8. The summed E-state index contributed by atoms with van der Waals surface area (Å²) < 4.78 is 7.10. The first-order valence-corrected chi connectivity index (χ1v) is 13.0. The van der Waals surface area contributed by atoms with Crippen LogP contribution in [0.2, 0.25) is 0 Å². The molecule has 0 aliphatic carbocycles. The minimum atomic E-state index is -0.372. The van der Waals surface area contributed by atoms with Crippen LogP contribution in [0.1, 0.15) is 27.5 Å². The fourth-order valence-corrected chi connectivity index (χ4v) is 5.64. The topological polar surface area (TPSA) is 66.5 Å². The second-order valence-electron chi connectivity index (χ2n) is 9.59. The lowest BCUT2D eigenvalue weighted by Crippen LogP contribution is -3.15. The van der Waals surface area contributed by atoms with E-state index < -0.39 is 0 Å². The van der Waals surface area contributed by atoms with Crippen molar-refractivity contribution in [1.29, 1.82) is 0 Å². The van der Waals surface area contributed by atoms with Gasteiger partial charge in [-0.1, -0.05) is 78.9 Å². The monoisotopic (exact) mass is 505 g/mol. The molecule has 0 atom stereocenters. The zero-order valence-electron chi connectivity index (χ0n) is 21.4. The van der Waals surface area contributed by atoms with Crippen molar-refractivity contribution >= 4 is 22.7 Å². The van der Waals surface area contributed by atoms with Crippen LogP contribution in [0, 0.1) is 0 Å². The summed E-state index contributed by atoms with van der Waals surface area (Å²) in [5.74, 6) is -0.372. The molecule has 1 aliphatic heterocycles. The van der Waals surface area contributed by atoms with Crippen molar-refractivity contribution in [3.8, 4) is 5.69 Å². The number of rotatable bonds is 6. The van der Waals surface area contributed by atoms with Crippen molar-refractivity contribution in [1.82, 2.24) is 10.1 Å². The number of aromatic amines is 1. The summed E-state index contributed by atoms with van der Waals surface area (Å²) in [7, 11) is 1.42. The lowest BCUT2D eigenvalue weighted by molar-refractivity contribution is -0.926. The highest BCUT2D eigenvalue weighted by Gasteiger charge is 2.34. The number of hydrogen-bond acceptors (Lipinski definition) is 4. The molecule has 0 spiro atoms. The molecular formula is C31H31N5O2+2. The van der Waals surface area contributed by atoms with Gasteiger partial charge in [-0.3, -0.25) is 0 Å². The second kappa shape index (κ2) is 10.5. The van der Waals surface area contributed by atoms with Crippen LogP contribution in [0.3, 0.4) is 0 Å². The maximum Gasteiger partial charge on any atom is 0.357 e. The van der Waals surface area contributed by atoms with Crippen molar-refractivity contribution in [2.45, 2.75) is 6.04 Å². The predicted molar refractivity (Wildman–Crippen MR) is 147 cm³/mol. The Morgan fingerprint density at radius 2 is 1.50 bits per heavy atom. The fourth-order valence-electron chi connectivity index (χ4n) is 5.64.